The maximum atomic E-state index is 5.03. The third-order valence-electron chi connectivity index (χ3n) is 3.71. The molecule has 0 spiro atoms. The fraction of sp³-hybridized carbons (Fsp3) is 0.800. The summed E-state index contributed by atoms with van der Waals surface area (Å²) in [6, 6.07) is 0. The minimum atomic E-state index is 0.687. The Morgan fingerprint density at radius 2 is 1.95 bits per heavy atom. The van der Waals surface area contributed by atoms with Gasteiger partial charge >= 0.3 is 0 Å². The molecule has 19 heavy (non-hydrogen) atoms. The largest absolute Gasteiger partial charge is 0.383 e. The zero-order valence-corrected chi connectivity index (χ0v) is 13.0. The highest BCUT2D eigenvalue weighted by Gasteiger charge is 2.18. The number of methoxy groups -OCH3 is 1. The van der Waals surface area contributed by atoms with Crippen LogP contribution < -0.4 is 5.32 Å². The molecule has 1 rings (SSSR count). The second-order valence-electron chi connectivity index (χ2n) is 5.86. The molecule has 0 aliphatic carbocycles. The second-order valence-corrected chi connectivity index (χ2v) is 5.86. The first-order valence-electron chi connectivity index (χ1n) is 7.25. The number of hydrogen-bond donors (Lipinski definition) is 1. The zero-order chi connectivity index (χ0) is 14.3. The lowest BCUT2D eigenvalue weighted by Gasteiger charge is -2.26. The Morgan fingerprint density at radius 1 is 1.26 bits per heavy atom. The first-order chi connectivity index (χ1) is 9.06. The Morgan fingerprint density at radius 3 is 2.53 bits per heavy atom. The molecule has 4 nitrogen and oxygen atoms in total. The van der Waals surface area contributed by atoms with Crippen LogP contribution >= 0.6 is 0 Å². The van der Waals surface area contributed by atoms with Crippen molar-refractivity contribution in [1.82, 2.24) is 14.9 Å². The van der Waals surface area contributed by atoms with E-state index in [4.69, 9.17) is 4.74 Å². The number of ether oxygens (including phenoxy) is 1. The van der Waals surface area contributed by atoms with E-state index in [0.29, 0.717) is 17.8 Å². The Hall–Kier alpha value is -0.870. The van der Waals surface area contributed by atoms with Crippen molar-refractivity contribution < 1.29 is 4.74 Å². The van der Waals surface area contributed by atoms with Gasteiger partial charge in [0.15, 0.2) is 0 Å². The molecule has 0 saturated carbocycles. The van der Waals surface area contributed by atoms with Crippen LogP contribution in [-0.2, 0) is 17.8 Å². The lowest BCUT2D eigenvalue weighted by atomic mass is 9.85. The Balaban J connectivity index is 2.56. The number of nitrogens with one attached hydrogen (secondary N) is 1. The number of rotatable bonds is 9. The van der Waals surface area contributed by atoms with Gasteiger partial charge < -0.3 is 14.6 Å². The van der Waals surface area contributed by atoms with Gasteiger partial charge in [-0.2, -0.15) is 0 Å². The van der Waals surface area contributed by atoms with Crippen molar-refractivity contribution in [2.75, 3.05) is 20.3 Å². The number of aromatic nitrogens is 2. The summed E-state index contributed by atoms with van der Waals surface area (Å²) in [4.78, 5) is 4.28. The molecule has 4 heteroatoms. The molecule has 0 aliphatic rings. The lowest BCUT2D eigenvalue weighted by Crippen LogP contribution is -2.25. The summed E-state index contributed by atoms with van der Waals surface area (Å²) in [5, 5.41) is 3.37. The first-order valence-corrected chi connectivity index (χ1v) is 7.25. The molecule has 1 heterocycles. The van der Waals surface area contributed by atoms with E-state index in [1.165, 1.54) is 5.69 Å². The van der Waals surface area contributed by atoms with E-state index < -0.39 is 0 Å². The average molecular weight is 267 g/mol. The monoisotopic (exact) mass is 267 g/mol. The van der Waals surface area contributed by atoms with Crippen molar-refractivity contribution in [2.24, 2.45) is 17.8 Å². The molecule has 0 aromatic carbocycles. The molecule has 0 amide bonds. The van der Waals surface area contributed by atoms with Gasteiger partial charge in [-0.1, -0.05) is 27.7 Å². The highest BCUT2D eigenvalue weighted by molar-refractivity contribution is 4.98. The van der Waals surface area contributed by atoms with E-state index in [1.807, 2.05) is 12.5 Å². The summed E-state index contributed by atoms with van der Waals surface area (Å²) < 4.78 is 7.32. The number of hydrogen-bond acceptors (Lipinski definition) is 3. The van der Waals surface area contributed by atoms with E-state index in [9.17, 15) is 0 Å². The summed E-state index contributed by atoms with van der Waals surface area (Å²) in [7, 11) is 1.72. The van der Waals surface area contributed by atoms with E-state index in [1.54, 1.807) is 7.11 Å². The Labute approximate surface area is 117 Å². The van der Waals surface area contributed by atoms with E-state index >= 15 is 0 Å². The average Bonchev–Trinajstić information content (AvgIpc) is 2.78. The van der Waals surface area contributed by atoms with Crippen LogP contribution in [0.3, 0.4) is 0 Å². The van der Waals surface area contributed by atoms with Crippen molar-refractivity contribution in [3.63, 3.8) is 0 Å². The maximum Gasteiger partial charge on any atom is 0.0948 e. The van der Waals surface area contributed by atoms with Crippen LogP contribution in [0.2, 0.25) is 0 Å². The second kappa shape index (κ2) is 8.33. The Bertz CT molecular complexity index is 339. The van der Waals surface area contributed by atoms with Crippen LogP contribution in [0.15, 0.2) is 12.5 Å². The maximum absolute atomic E-state index is 5.03. The van der Waals surface area contributed by atoms with Gasteiger partial charge in [0.05, 0.1) is 18.6 Å². The van der Waals surface area contributed by atoms with E-state index in [0.717, 1.165) is 26.2 Å². The van der Waals surface area contributed by atoms with Gasteiger partial charge in [-0.3, -0.25) is 0 Å². The first kappa shape index (κ1) is 16.2. The van der Waals surface area contributed by atoms with Crippen LogP contribution in [0, 0.1) is 17.8 Å². The van der Waals surface area contributed by atoms with Crippen molar-refractivity contribution >= 4 is 0 Å². The molecular weight excluding hydrogens is 238 g/mol. The van der Waals surface area contributed by atoms with Crippen LogP contribution in [0.5, 0.6) is 0 Å². The number of nitrogens with zero attached hydrogens (tertiary/aromatic N) is 2. The molecule has 0 saturated heterocycles. The third-order valence-corrected chi connectivity index (χ3v) is 3.71. The van der Waals surface area contributed by atoms with Gasteiger partial charge in [0, 0.05) is 32.9 Å². The van der Waals surface area contributed by atoms with E-state index in [-0.39, 0.29) is 0 Å². The molecule has 110 valence electrons. The van der Waals surface area contributed by atoms with Crippen LogP contribution in [0.1, 0.15) is 33.4 Å². The van der Waals surface area contributed by atoms with Crippen molar-refractivity contribution in [2.45, 2.75) is 40.8 Å². The molecular formula is C15H29N3O. The smallest absolute Gasteiger partial charge is 0.0948 e. The standard InChI is InChI=1S/C15H29N3O/c1-12(2)15(13(3)4)10-18-11-17-9-14(18)8-16-6-7-19-5/h9,11-13,15-16H,6-8,10H2,1-5H3. The quantitative estimate of drug-likeness (QED) is 0.699. The number of imidazole rings is 1. The lowest BCUT2D eigenvalue weighted by molar-refractivity contribution is 0.198. The van der Waals surface area contributed by atoms with Gasteiger partial charge in [0.25, 0.3) is 0 Å². The molecule has 0 bridgehead atoms. The molecule has 0 atom stereocenters. The molecule has 1 N–H and O–H groups in total. The molecule has 0 aliphatic heterocycles. The van der Waals surface area contributed by atoms with Gasteiger partial charge in [0.1, 0.15) is 0 Å². The molecule has 0 fully saturated rings. The van der Waals surface area contributed by atoms with Crippen LogP contribution in [0.4, 0.5) is 0 Å². The molecule has 0 radical (unpaired) electrons. The summed E-state index contributed by atoms with van der Waals surface area (Å²) in [5.41, 5.74) is 1.25. The fourth-order valence-corrected chi connectivity index (χ4v) is 2.47. The minimum absolute atomic E-state index is 0.687. The molecule has 0 unspecified atom stereocenters. The van der Waals surface area contributed by atoms with Gasteiger partial charge in [-0.05, 0) is 17.8 Å². The van der Waals surface area contributed by atoms with Gasteiger partial charge in [-0.25, -0.2) is 4.98 Å². The van der Waals surface area contributed by atoms with E-state index in [2.05, 4.69) is 42.6 Å². The van der Waals surface area contributed by atoms with Crippen molar-refractivity contribution in [3.05, 3.63) is 18.2 Å². The summed E-state index contributed by atoms with van der Waals surface area (Å²) in [5.74, 6) is 2.07. The SMILES string of the molecule is COCCNCc1cncn1CC(C(C)C)C(C)C. The van der Waals surface area contributed by atoms with Gasteiger partial charge in [0.2, 0.25) is 0 Å². The summed E-state index contributed by atoms with van der Waals surface area (Å²) >= 11 is 0. The highest BCUT2D eigenvalue weighted by atomic mass is 16.5. The minimum Gasteiger partial charge on any atom is -0.383 e. The molecule has 1 aromatic heterocycles. The predicted octanol–water partition coefficient (Wildman–Crippen LogP) is 2.55. The van der Waals surface area contributed by atoms with Gasteiger partial charge in [-0.15, -0.1) is 0 Å². The normalized spacial score (nSPS) is 12.0. The zero-order valence-electron chi connectivity index (χ0n) is 13.0. The topological polar surface area (TPSA) is 39.1 Å². The van der Waals surface area contributed by atoms with Crippen LogP contribution in [0.25, 0.3) is 0 Å². The van der Waals surface area contributed by atoms with Crippen LogP contribution in [-0.4, -0.2) is 29.8 Å². The highest BCUT2D eigenvalue weighted by Crippen LogP contribution is 2.23. The fourth-order valence-electron chi connectivity index (χ4n) is 2.47. The Kier molecular flexibility index (Phi) is 7.10. The summed E-state index contributed by atoms with van der Waals surface area (Å²) in [6.45, 7) is 12.7. The van der Waals surface area contributed by atoms with Crippen molar-refractivity contribution in [1.29, 1.82) is 0 Å². The van der Waals surface area contributed by atoms with Crippen molar-refractivity contribution in [3.8, 4) is 0 Å². The molecule has 1 aromatic rings. The third kappa shape index (κ3) is 5.33. The predicted molar refractivity (Wildman–Crippen MR) is 79.0 cm³/mol. The summed E-state index contributed by atoms with van der Waals surface area (Å²) in [6.07, 6.45) is 3.91.